The first kappa shape index (κ1) is 7.53. The summed E-state index contributed by atoms with van der Waals surface area (Å²) in [6.07, 6.45) is 3.13. The van der Waals surface area contributed by atoms with Crippen LogP contribution in [0.15, 0.2) is 0 Å². The second-order valence-corrected chi connectivity index (χ2v) is 3.38. The summed E-state index contributed by atoms with van der Waals surface area (Å²) in [6.45, 7) is 3.92. The third-order valence-corrected chi connectivity index (χ3v) is 2.22. The second-order valence-electron chi connectivity index (χ2n) is 3.38. The minimum atomic E-state index is 0.407. The van der Waals surface area contributed by atoms with Crippen LogP contribution in [0.25, 0.3) is 0 Å². The van der Waals surface area contributed by atoms with Crippen molar-refractivity contribution in [2.75, 3.05) is 26.2 Å². The number of morpholine rings is 1. The van der Waals surface area contributed by atoms with Gasteiger partial charge in [0.05, 0.1) is 12.7 Å². The molecule has 0 unspecified atom stereocenters. The molecule has 0 bridgehead atoms. The summed E-state index contributed by atoms with van der Waals surface area (Å²) in [4.78, 5) is 0. The number of ether oxygens (including phenoxy) is 1. The van der Waals surface area contributed by atoms with Crippen molar-refractivity contribution >= 4 is 0 Å². The van der Waals surface area contributed by atoms with Crippen LogP contribution in [-0.4, -0.2) is 38.4 Å². The van der Waals surface area contributed by atoms with Crippen LogP contribution < -0.4 is 10.6 Å². The van der Waals surface area contributed by atoms with Crippen molar-refractivity contribution < 1.29 is 4.74 Å². The maximum Gasteiger partial charge on any atom is 0.0824 e. The Morgan fingerprint density at radius 1 is 1.45 bits per heavy atom. The van der Waals surface area contributed by atoms with Crippen molar-refractivity contribution in [3.05, 3.63) is 0 Å². The average Bonchev–Trinajstić information content (AvgIpc) is 2.86. The van der Waals surface area contributed by atoms with E-state index in [4.69, 9.17) is 4.74 Å². The van der Waals surface area contributed by atoms with Crippen LogP contribution in [0.4, 0.5) is 0 Å². The van der Waals surface area contributed by atoms with Gasteiger partial charge in [0.1, 0.15) is 0 Å². The van der Waals surface area contributed by atoms with Crippen LogP contribution in [0, 0.1) is 0 Å². The predicted octanol–water partition coefficient (Wildman–Crippen LogP) is -0.273. The molecule has 0 aromatic rings. The van der Waals surface area contributed by atoms with E-state index >= 15 is 0 Å². The van der Waals surface area contributed by atoms with E-state index in [1.165, 1.54) is 12.8 Å². The van der Waals surface area contributed by atoms with Crippen LogP contribution in [0.5, 0.6) is 0 Å². The van der Waals surface area contributed by atoms with Gasteiger partial charge in [0.2, 0.25) is 0 Å². The largest absolute Gasteiger partial charge is 0.374 e. The van der Waals surface area contributed by atoms with E-state index in [-0.39, 0.29) is 0 Å². The van der Waals surface area contributed by atoms with Gasteiger partial charge in [-0.1, -0.05) is 0 Å². The number of hydrogen-bond acceptors (Lipinski definition) is 3. The molecule has 1 aliphatic heterocycles. The predicted molar refractivity (Wildman–Crippen MR) is 43.6 cm³/mol. The van der Waals surface area contributed by atoms with Crippen LogP contribution in [0.2, 0.25) is 0 Å². The first-order valence-electron chi connectivity index (χ1n) is 4.51. The van der Waals surface area contributed by atoms with Gasteiger partial charge in [-0.25, -0.2) is 0 Å². The molecular weight excluding hydrogens is 140 g/mol. The third-order valence-electron chi connectivity index (χ3n) is 2.22. The van der Waals surface area contributed by atoms with Crippen LogP contribution in [0.3, 0.4) is 0 Å². The molecule has 0 aromatic heterocycles. The number of nitrogens with one attached hydrogen (secondary N) is 2. The molecular formula is C8H16N2O. The molecule has 1 aliphatic carbocycles. The molecule has 3 heteroatoms. The molecule has 0 amide bonds. The van der Waals surface area contributed by atoms with Crippen molar-refractivity contribution in [1.29, 1.82) is 0 Å². The van der Waals surface area contributed by atoms with Crippen LogP contribution in [-0.2, 0) is 4.74 Å². The zero-order valence-corrected chi connectivity index (χ0v) is 6.81. The maximum atomic E-state index is 5.53. The van der Waals surface area contributed by atoms with Crippen molar-refractivity contribution in [2.24, 2.45) is 0 Å². The van der Waals surface area contributed by atoms with Gasteiger partial charge in [0.25, 0.3) is 0 Å². The Hall–Kier alpha value is -0.120. The Labute approximate surface area is 67.5 Å². The van der Waals surface area contributed by atoms with E-state index in [0.29, 0.717) is 6.10 Å². The van der Waals surface area contributed by atoms with Crippen LogP contribution >= 0.6 is 0 Å². The minimum absolute atomic E-state index is 0.407. The smallest absolute Gasteiger partial charge is 0.0824 e. The highest BCUT2D eigenvalue weighted by molar-refractivity contribution is 4.82. The molecule has 1 heterocycles. The zero-order chi connectivity index (χ0) is 7.52. The molecule has 2 aliphatic rings. The van der Waals surface area contributed by atoms with Gasteiger partial charge in [0.15, 0.2) is 0 Å². The molecule has 64 valence electrons. The number of rotatable bonds is 3. The Morgan fingerprint density at radius 2 is 2.36 bits per heavy atom. The first-order chi connectivity index (χ1) is 5.45. The number of hydrogen-bond donors (Lipinski definition) is 2. The first-order valence-corrected chi connectivity index (χ1v) is 4.51. The summed E-state index contributed by atoms with van der Waals surface area (Å²) in [5, 5.41) is 6.78. The van der Waals surface area contributed by atoms with Crippen molar-refractivity contribution in [2.45, 2.75) is 25.0 Å². The standard InChI is InChI=1S/C8H16N2O/c1-2-7(1)10-6-8-5-9-3-4-11-8/h7-10H,1-6H2/t8-/m0/s1. The summed E-state index contributed by atoms with van der Waals surface area (Å²) in [6, 6.07) is 0.806. The molecule has 3 nitrogen and oxygen atoms in total. The topological polar surface area (TPSA) is 33.3 Å². The summed E-state index contributed by atoms with van der Waals surface area (Å²) >= 11 is 0. The fraction of sp³-hybridized carbons (Fsp3) is 1.00. The minimum Gasteiger partial charge on any atom is -0.374 e. The fourth-order valence-electron chi connectivity index (χ4n) is 1.34. The Balaban J connectivity index is 1.59. The lowest BCUT2D eigenvalue weighted by Gasteiger charge is -2.23. The third kappa shape index (κ3) is 2.43. The van der Waals surface area contributed by atoms with Gasteiger partial charge in [-0.3, -0.25) is 0 Å². The van der Waals surface area contributed by atoms with Crippen molar-refractivity contribution in [3.8, 4) is 0 Å². The summed E-state index contributed by atoms with van der Waals surface area (Å²) in [7, 11) is 0. The second kappa shape index (κ2) is 3.52. The summed E-state index contributed by atoms with van der Waals surface area (Å²) in [5.74, 6) is 0. The molecule has 1 saturated carbocycles. The quantitative estimate of drug-likeness (QED) is 0.590. The molecule has 0 spiro atoms. The summed E-state index contributed by atoms with van der Waals surface area (Å²) < 4.78 is 5.53. The van der Waals surface area contributed by atoms with Gasteiger partial charge in [-0.05, 0) is 12.8 Å². The lowest BCUT2D eigenvalue weighted by Crippen LogP contribution is -2.44. The lowest BCUT2D eigenvalue weighted by atomic mass is 10.3. The Bertz CT molecular complexity index is 119. The highest BCUT2D eigenvalue weighted by atomic mass is 16.5. The zero-order valence-electron chi connectivity index (χ0n) is 6.81. The van der Waals surface area contributed by atoms with E-state index < -0.39 is 0 Å². The normalized spacial score (nSPS) is 32.2. The van der Waals surface area contributed by atoms with Gasteiger partial charge < -0.3 is 15.4 Å². The molecule has 0 aromatic carbocycles. The monoisotopic (exact) mass is 156 g/mol. The molecule has 11 heavy (non-hydrogen) atoms. The lowest BCUT2D eigenvalue weighted by molar-refractivity contribution is 0.0290. The molecule has 2 fully saturated rings. The van der Waals surface area contributed by atoms with Crippen molar-refractivity contribution in [3.63, 3.8) is 0 Å². The SMILES string of the molecule is C1CO[C@H](CNC2CC2)CN1. The molecule has 2 N–H and O–H groups in total. The van der Waals surface area contributed by atoms with Gasteiger partial charge in [-0.15, -0.1) is 0 Å². The molecule has 1 atom stereocenters. The van der Waals surface area contributed by atoms with E-state index in [9.17, 15) is 0 Å². The Morgan fingerprint density at radius 3 is 3.00 bits per heavy atom. The highest BCUT2D eigenvalue weighted by Gasteiger charge is 2.22. The highest BCUT2D eigenvalue weighted by Crippen LogP contribution is 2.18. The van der Waals surface area contributed by atoms with Crippen molar-refractivity contribution in [1.82, 2.24) is 10.6 Å². The molecule has 1 saturated heterocycles. The fourth-order valence-corrected chi connectivity index (χ4v) is 1.34. The van der Waals surface area contributed by atoms with E-state index in [1.54, 1.807) is 0 Å². The Kier molecular flexibility index (Phi) is 2.41. The molecule has 2 rings (SSSR count). The van der Waals surface area contributed by atoms with E-state index in [1.807, 2.05) is 0 Å². The summed E-state index contributed by atoms with van der Waals surface area (Å²) in [5.41, 5.74) is 0. The van der Waals surface area contributed by atoms with E-state index in [0.717, 1.165) is 32.3 Å². The van der Waals surface area contributed by atoms with Gasteiger partial charge in [0, 0.05) is 25.7 Å². The molecule has 0 radical (unpaired) electrons. The van der Waals surface area contributed by atoms with Gasteiger partial charge >= 0.3 is 0 Å². The maximum absolute atomic E-state index is 5.53. The van der Waals surface area contributed by atoms with E-state index in [2.05, 4.69) is 10.6 Å². The van der Waals surface area contributed by atoms with Gasteiger partial charge in [-0.2, -0.15) is 0 Å². The average molecular weight is 156 g/mol. The van der Waals surface area contributed by atoms with Crippen LogP contribution in [0.1, 0.15) is 12.8 Å².